The van der Waals surface area contributed by atoms with Gasteiger partial charge in [0, 0.05) is 87.0 Å². The number of aliphatic imine (C=N–C) groups is 1. The topological polar surface area (TPSA) is 205 Å². The Labute approximate surface area is 368 Å². The zero-order valence-electron chi connectivity index (χ0n) is 35.3. The Balaban J connectivity index is 0.768. The van der Waals surface area contributed by atoms with Gasteiger partial charge in [0.25, 0.3) is 11.8 Å². The van der Waals surface area contributed by atoms with Crippen LogP contribution in [0.4, 0.5) is 14.5 Å². The van der Waals surface area contributed by atoms with Crippen molar-refractivity contribution in [3.8, 4) is 11.1 Å². The highest BCUT2D eigenvalue weighted by Crippen LogP contribution is 2.32. The number of benzene rings is 3. The Bertz CT molecular complexity index is 2500. The van der Waals surface area contributed by atoms with Gasteiger partial charge in [0.15, 0.2) is 0 Å². The van der Waals surface area contributed by atoms with Gasteiger partial charge in [-0.05, 0) is 74.1 Å². The number of halogens is 2. The predicted octanol–water partition coefficient (Wildman–Crippen LogP) is 3.65. The zero-order chi connectivity index (χ0) is 44.7. The average Bonchev–Trinajstić information content (AvgIpc) is 3.54. The first kappa shape index (κ1) is 44.1. The lowest BCUT2D eigenvalue weighted by molar-refractivity contribution is -0.136. The van der Waals surface area contributed by atoms with E-state index >= 15 is 8.78 Å². The molecular formula is C46H50F2N10O6. The highest BCUT2D eigenvalue weighted by atomic mass is 19.1. The quantitative estimate of drug-likeness (QED) is 0.0768. The number of para-hydroxylation sites is 1. The molecule has 0 bridgehead atoms. The second-order valence-corrected chi connectivity index (χ2v) is 16.3. The number of imide groups is 2. The molecule has 16 nitrogen and oxygen atoms in total. The van der Waals surface area contributed by atoms with Crippen LogP contribution in [-0.4, -0.2) is 132 Å². The van der Waals surface area contributed by atoms with Crippen LogP contribution < -0.4 is 21.7 Å². The Hall–Kier alpha value is -6.50. The number of nitrogens with two attached hydrogens (primary N) is 1. The van der Waals surface area contributed by atoms with Crippen LogP contribution in [0, 0.1) is 11.6 Å². The van der Waals surface area contributed by atoms with Gasteiger partial charge in [0.2, 0.25) is 17.7 Å². The Kier molecular flexibility index (Phi) is 13.7. The Morgan fingerprint density at radius 2 is 1.66 bits per heavy atom. The van der Waals surface area contributed by atoms with Crippen molar-refractivity contribution < 1.29 is 37.5 Å². The van der Waals surface area contributed by atoms with Crippen LogP contribution in [0.2, 0.25) is 0 Å². The van der Waals surface area contributed by atoms with Crippen LogP contribution in [0.1, 0.15) is 70.5 Å². The molecule has 5 N–H and O–H groups in total. The van der Waals surface area contributed by atoms with E-state index in [0.717, 1.165) is 30.6 Å². The molecule has 18 heteroatoms. The monoisotopic (exact) mass is 876 g/mol. The summed E-state index contributed by atoms with van der Waals surface area (Å²) in [6.45, 7) is 5.20. The molecule has 5 amide bonds. The fourth-order valence-electron chi connectivity index (χ4n) is 8.45. The summed E-state index contributed by atoms with van der Waals surface area (Å²) in [7, 11) is 0. The summed E-state index contributed by atoms with van der Waals surface area (Å²) in [4.78, 5) is 81.9. The molecule has 1 atom stereocenters. The first-order chi connectivity index (χ1) is 31.1. The van der Waals surface area contributed by atoms with E-state index < -0.39 is 41.3 Å². The molecule has 8 rings (SSSR count). The van der Waals surface area contributed by atoms with Crippen molar-refractivity contribution in [2.75, 3.05) is 64.3 Å². The lowest BCUT2D eigenvalue weighted by Crippen LogP contribution is -2.54. The summed E-state index contributed by atoms with van der Waals surface area (Å²) in [5.41, 5.74) is 10.1. The maximum atomic E-state index is 15.4. The number of nitrogens with zero attached hydrogens (tertiary/aromatic N) is 6. The van der Waals surface area contributed by atoms with Crippen molar-refractivity contribution in [1.82, 2.24) is 35.3 Å². The number of fused-ring (bicyclic) bond motifs is 2. The summed E-state index contributed by atoms with van der Waals surface area (Å²) in [5, 5.41) is 8.44. The van der Waals surface area contributed by atoms with E-state index in [4.69, 9.17) is 20.4 Å². The number of allylic oxidation sites excluding steroid dienone is 1. The fourth-order valence-corrected chi connectivity index (χ4v) is 8.45. The highest BCUT2D eigenvalue weighted by molar-refractivity contribution is 6.23. The number of rotatable bonds is 15. The highest BCUT2D eigenvalue weighted by Gasteiger charge is 2.44. The van der Waals surface area contributed by atoms with Crippen LogP contribution >= 0.6 is 0 Å². The number of aromatic nitrogens is 2. The Morgan fingerprint density at radius 3 is 2.41 bits per heavy atom. The molecule has 334 valence electrons. The third-order valence-electron chi connectivity index (χ3n) is 12.0. The van der Waals surface area contributed by atoms with Crippen molar-refractivity contribution in [3.63, 3.8) is 0 Å². The lowest BCUT2D eigenvalue weighted by Gasteiger charge is -2.29. The SMILES string of the molecule is NC=C(C=NC1CCN(CC(=O)NCCCCNc2ccc3c(c2)C(=O)N(C2CCC(=O)NC2=O)C3=O)CC1)c1cnc2cccc(-c3cc(F)c(CN4CCOCC4)c(F)c3)c2n1. The maximum Gasteiger partial charge on any atom is 0.262 e. The van der Waals surface area contributed by atoms with E-state index in [-0.39, 0.29) is 54.6 Å². The molecule has 5 heterocycles. The van der Waals surface area contributed by atoms with E-state index in [0.29, 0.717) is 91.6 Å². The first-order valence-electron chi connectivity index (χ1n) is 21.6. The van der Waals surface area contributed by atoms with Gasteiger partial charge in [-0.25, -0.2) is 13.8 Å². The molecule has 3 aromatic carbocycles. The minimum Gasteiger partial charge on any atom is -0.404 e. The van der Waals surface area contributed by atoms with E-state index in [2.05, 4.69) is 25.8 Å². The number of hydrogen-bond donors (Lipinski definition) is 4. The largest absolute Gasteiger partial charge is 0.404 e. The fraction of sp³-hybridized carbons (Fsp3) is 0.391. The van der Waals surface area contributed by atoms with Gasteiger partial charge in [0.1, 0.15) is 17.7 Å². The summed E-state index contributed by atoms with van der Waals surface area (Å²) < 4.78 is 36.1. The van der Waals surface area contributed by atoms with E-state index in [1.807, 2.05) is 4.90 Å². The second kappa shape index (κ2) is 19.9. The smallest absolute Gasteiger partial charge is 0.262 e. The molecule has 0 aliphatic carbocycles. The second-order valence-electron chi connectivity index (χ2n) is 16.3. The number of nitrogens with one attached hydrogen (secondary N) is 3. The maximum absolute atomic E-state index is 15.4. The summed E-state index contributed by atoms with van der Waals surface area (Å²) in [5.74, 6) is -3.48. The van der Waals surface area contributed by atoms with E-state index in [9.17, 15) is 24.0 Å². The molecule has 3 fully saturated rings. The van der Waals surface area contributed by atoms with Gasteiger partial charge >= 0.3 is 0 Å². The number of piperidine rings is 2. The minimum absolute atomic E-state index is 0.0150. The number of likely N-dealkylation sites (tertiary alicyclic amines) is 1. The molecule has 0 saturated carbocycles. The van der Waals surface area contributed by atoms with E-state index in [1.54, 1.807) is 48.8 Å². The molecule has 0 radical (unpaired) electrons. The first-order valence-corrected chi connectivity index (χ1v) is 21.6. The van der Waals surface area contributed by atoms with Crippen LogP contribution in [0.15, 0.2) is 65.9 Å². The predicted molar refractivity (Wildman–Crippen MR) is 235 cm³/mol. The van der Waals surface area contributed by atoms with Gasteiger partial charge in [-0.15, -0.1) is 0 Å². The summed E-state index contributed by atoms with van der Waals surface area (Å²) in [6, 6.07) is 11.9. The summed E-state index contributed by atoms with van der Waals surface area (Å²) in [6.07, 6.45) is 7.81. The lowest BCUT2D eigenvalue weighted by atomic mass is 10.0. The van der Waals surface area contributed by atoms with Gasteiger partial charge in [0.05, 0.1) is 59.9 Å². The molecule has 64 heavy (non-hydrogen) atoms. The van der Waals surface area contributed by atoms with Crippen molar-refractivity contribution >= 4 is 58.0 Å². The number of unbranched alkanes of at least 4 members (excludes halogenated alkanes) is 1. The molecule has 0 spiro atoms. The van der Waals surface area contributed by atoms with Crippen LogP contribution in [0.5, 0.6) is 0 Å². The van der Waals surface area contributed by atoms with Gasteiger partial charge in [-0.1, -0.05) is 12.1 Å². The van der Waals surface area contributed by atoms with Crippen LogP contribution in [0.25, 0.3) is 27.7 Å². The zero-order valence-corrected chi connectivity index (χ0v) is 35.3. The third kappa shape index (κ3) is 9.98. The number of morpholine rings is 1. The van der Waals surface area contributed by atoms with Gasteiger partial charge in [-0.2, -0.15) is 0 Å². The number of carbonyl (C=O) groups excluding carboxylic acids is 5. The normalized spacial score (nSPS) is 19.1. The number of hydrogen-bond acceptors (Lipinski definition) is 13. The van der Waals surface area contributed by atoms with Gasteiger partial charge < -0.3 is 21.1 Å². The third-order valence-corrected chi connectivity index (χ3v) is 12.0. The number of ether oxygens (including phenoxy) is 1. The van der Waals surface area contributed by atoms with Crippen LogP contribution in [0.3, 0.4) is 0 Å². The number of anilines is 1. The molecule has 4 aromatic rings. The molecule has 4 aliphatic rings. The molecular weight excluding hydrogens is 827 g/mol. The standard InChI is InChI=1S/C46H50F2N10O6/c47-36-20-28(21-37(48)35(36)26-57-16-18-64-19-17-57)32-4-3-5-38-43(32)54-39(25-53-38)29(23-49)24-52-30-10-14-56(15-11-30)27-42(60)51-13-2-1-12-50-31-6-7-33-34(22-31)46(63)58(45(33)62)40-8-9-41(59)55-44(40)61/h3-7,20-25,30,40,50H,1-2,8-19,26-27,49H2,(H,51,60)(H,55,59,61). The molecule has 3 saturated heterocycles. The Morgan fingerprint density at radius 1 is 0.906 bits per heavy atom. The molecule has 1 unspecified atom stereocenters. The average molecular weight is 877 g/mol. The van der Waals surface area contributed by atoms with Crippen molar-refractivity contribution in [2.24, 2.45) is 10.7 Å². The molecule has 1 aromatic heterocycles. The van der Waals surface area contributed by atoms with Gasteiger partial charge in [-0.3, -0.25) is 54.0 Å². The number of amides is 5. The number of carbonyl (C=O) groups is 5. The van der Waals surface area contributed by atoms with Crippen LogP contribution in [-0.2, 0) is 25.7 Å². The minimum atomic E-state index is -1.01. The molecule has 4 aliphatic heterocycles. The van der Waals surface area contributed by atoms with Crippen molar-refractivity contribution in [1.29, 1.82) is 0 Å². The summed E-state index contributed by atoms with van der Waals surface area (Å²) >= 11 is 0. The van der Waals surface area contributed by atoms with Crippen molar-refractivity contribution in [3.05, 3.63) is 94.9 Å². The van der Waals surface area contributed by atoms with E-state index in [1.165, 1.54) is 18.3 Å². The van der Waals surface area contributed by atoms with Crippen molar-refractivity contribution in [2.45, 2.75) is 57.2 Å².